The third-order valence-electron chi connectivity index (χ3n) is 4.80. The van der Waals surface area contributed by atoms with Crippen LogP contribution in [0.2, 0.25) is 0 Å². The summed E-state index contributed by atoms with van der Waals surface area (Å²) in [7, 11) is -2.78. The molecule has 1 heterocycles. The van der Waals surface area contributed by atoms with Gasteiger partial charge in [-0.15, -0.1) is 0 Å². The molecule has 0 aromatic heterocycles. The predicted molar refractivity (Wildman–Crippen MR) is 83.8 cm³/mol. The molecule has 20 heavy (non-hydrogen) atoms. The Bertz CT molecular complexity index is 389. The molecule has 4 nitrogen and oxygen atoms in total. The molecule has 5 heteroatoms. The summed E-state index contributed by atoms with van der Waals surface area (Å²) < 4.78 is 23.4. The highest BCUT2D eigenvalue weighted by atomic mass is 32.2. The van der Waals surface area contributed by atoms with E-state index in [1.54, 1.807) is 0 Å². The standard InChI is InChI=1S/C15H30N2O2S/c1-2-8-16-13-15(6-3-4-7-15)14-17-9-5-11-20(18,19)12-10-17/h16H,2-14H2,1H3. The highest BCUT2D eigenvalue weighted by molar-refractivity contribution is 7.91. The Labute approximate surface area is 124 Å². The van der Waals surface area contributed by atoms with Gasteiger partial charge in [0.2, 0.25) is 0 Å². The number of hydrogen-bond acceptors (Lipinski definition) is 4. The fourth-order valence-corrected chi connectivity index (χ4v) is 4.98. The number of hydrogen-bond donors (Lipinski definition) is 1. The lowest BCUT2D eigenvalue weighted by Gasteiger charge is -2.35. The molecule has 1 saturated carbocycles. The van der Waals surface area contributed by atoms with Crippen molar-refractivity contribution in [3.8, 4) is 0 Å². The molecule has 0 aromatic rings. The van der Waals surface area contributed by atoms with Gasteiger partial charge < -0.3 is 10.2 Å². The van der Waals surface area contributed by atoms with Gasteiger partial charge in [0.25, 0.3) is 0 Å². The zero-order valence-electron chi connectivity index (χ0n) is 12.9. The minimum absolute atomic E-state index is 0.353. The van der Waals surface area contributed by atoms with Gasteiger partial charge in [-0.25, -0.2) is 8.42 Å². The van der Waals surface area contributed by atoms with Gasteiger partial charge in [-0.05, 0) is 44.2 Å². The molecule has 0 aromatic carbocycles. The maximum Gasteiger partial charge on any atom is 0.151 e. The Morgan fingerprint density at radius 2 is 1.85 bits per heavy atom. The van der Waals surface area contributed by atoms with Crippen molar-refractivity contribution < 1.29 is 8.42 Å². The van der Waals surface area contributed by atoms with E-state index in [-0.39, 0.29) is 0 Å². The second-order valence-corrected chi connectivity index (χ2v) is 8.97. The van der Waals surface area contributed by atoms with Crippen molar-refractivity contribution in [2.45, 2.75) is 45.4 Å². The summed E-state index contributed by atoms with van der Waals surface area (Å²) in [6.07, 6.45) is 7.25. The summed E-state index contributed by atoms with van der Waals surface area (Å²) in [6.45, 7) is 7.17. The predicted octanol–water partition coefficient (Wildman–Crippen LogP) is 1.67. The maximum atomic E-state index is 11.7. The topological polar surface area (TPSA) is 49.4 Å². The summed E-state index contributed by atoms with van der Waals surface area (Å²) in [5.41, 5.74) is 0.392. The Hall–Kier alpha value is -0.130. The van der Waals surface area contributed by atoms with Crippen LogP contribution < -0.4 is 5.32 Å². The van der Waals surface area contributed by atoms with Crippen molar-refractivity contribution in [3.05, 3.63) is 0 Å². The fraction of sp³-hybridized carbons (Fsp3) is 1.00. The van der Waals surface area contributed by atoms with E-state index in [2.05, 4.69) is 17.1 Å². The average molecular weight is 302 g/mol. The Balaban J connectivity index is 1.90. The van der Waals surface area contributed by atoms with E-state index in [1.807, 2.05) is 0 Å². The van der Waals surface area contributed by atoms with Crippen molar-refractivity contribution in [3.63, 3.8) is 0 Å². The second-order valence-electron chi connectivity index (χ2n) is 6.67. The van der Waals surface area contributed by atoms with Crippen LogP contribution in [0.4, 0.5) is 0 Å². The first kappa shape index (κ1) is 16.2. The molecule has 2 rings (SSSR count). The maximum absolute atomic E-state index is 11.7. The monoisotopic (exact) mass is 302 g/mol. The molecule has 1 aliphatic carbocycles. The third kappa shape index (κ3) is 4.71. The fourth-order valence-electron chi connectivity index (χ4n) is 3.67. The van der Waals surface area contributed by atoms with Crippen LogP contribution in [0.1, 0.15) is 45.4 Å². The first-order valence-corrected chi connectivity index (χ1v) is 10.0. The summed E-state index contributed by atoms with van der Waals surface area (Å²) >= 11 is 0. The molecule has 0 spiro atoms. The quantitative estimate of drug-likeness (QED) is 0.758. The van der Waals surface area contributed by atoms with Crippen molar-refractivity contribution in [2.24, 2.45) is 5.41 Å². The SMILES string of the molecule is CCCNCC1(CN2CCCS(=O)(=O)CC2)CCCC1. The van der Waals surface area contributed by atoms with Crippen LogP contribution in [0.15, 0.2) is 0 Å². The number of nitrogens with one attached hydrogen (secondary N) is 1. The zero-order valence-corrected chi connectivity index (χ0v) is 13.7. The van der Waals surface area contributed by atoms with E-state index in [9.17, 15) is 8.42 Å². The van der Waals surface area contributed by atoms with Crippen LogP contribution in [-0.4, -0.2) is 57.5 Å². The molecule has 2 fully saturated rings. The van der Waals surface area contributed by atoms with E-state index >= 15 is 0 Å². The summed E-state index contributed by atoms with van der Waals surface area (Å²) in [5.74, 6) is 0.732. The van der Waals surface area contributed by atoms with Crippen LogP contribution in [-0.2, 0) is 9.84 Å². The average Bonchev–Trinajstić information content (AvgIpc) is 2.78. The Kier molecular flexibility index (Phi) is 5.87. The molecular formula is C15H30N2O2S. The highest BCUT2D eigenvalue weighted by Crippen LogP contribution is 2.38. The van der Waals surface area contributed by atoms with Crippen molar-refractivity contribution >= 4 is 9.84 Å². The van der Waals surface area contributed by atoms with Gasteiger partial charge in [-0.1, -0.05) is 19.8 Å². The number of sulfone groups is 1. The minimum Gasteiger partial charge on any atom is -0.316 e. The molecule has 1 aliphatic heterocycles. The Morgan fingerprint density at radius 3 is 2.55 bits per heavy atom. The van der Waals surface area contributed by atoms with E-state index in [0.717, 1.165) is 39.1 Å². The normalized spacial score (nSPS) is 26.4. The van der Waals surface area contributed by atoms with Gasteiger partial charge in [0.05, 0.1) is 11.5 Å². The van der Waals surface area contributed by atoms with E-state index in [1.165, 1.54) is 32.1 Å². The van der Waals surface area contributed by atoms with Gasteiger partial charge in [0, 0.05) is 19.6 Å². The number of rotatable bonds is 6. The van der Waals surface area contributed by atoms with Crippen LogP contribution >= 0.6 is 0 Å². The Morgan fingerprint density at radius 1 is 1.10 bits per heavy atom. The van der Waals surface area contributed by atoms with Crippen molar-refractivity contribution in [1.29, 1.82) is 0 Å². The van der Waals surface area contributed by atoms with Crippen LogP contribution in [0.25, 0.3) is 0 Å². The van der Waals surface area contributed by atoms with E-state index < -0.39 is 9.84 Å². The highest BCUT2D eigenvalue weighted by Gasteiger charge is 2.35. The lowest BCUT2D eigenvalue weighted by atomic mass is 9.85. The van der Waals surface area contributed by atoms with Crippen LogP contribution in [0.3, 0.4) is 0 Å². The molecule has 0 atom stereocenters. The summed E-state index contributed by atoms with van der Waals surface area (Å²) in [4.78, 5) is 2.41. The zero-order chi connectivity index (χ0) is 14.5. The molecule has 0 bridgehead atoms. The second kappa shape index (κ2) is 7.23. The first-order valence-electron chi connectivity index (χ1n) is 8.19. The molecule has 0 radical (unpaired) electrons. The summed E-state index contributed by atoms with van der Waals surface area (Å²) in [6, 6.07) is 0. The van der Waals surface area contributed by atoms with Gasteiger partial charge in [0.15, 0.2) is 9.84 Å². The van der Waals surface area contributed by atoms with E-state index in [0.29, 0.717) is 16.9 Å². The van der Waals surface area contributed by atoms with Crippen LogP contribution in [0, 0.1) is 5.41 Å². The smallest absolute Gasteiger partial charge is 0.151 e. The molecule has 2 aliphatic rings. The van der Waals surface area contributed by atoms with Gasteiger partial charge in [-0.2, -0.15) is 0 Å². The van der Waals surface area contributed by atoms with Gasteiger partial charge in [-0.3, -0.25) is 0 Å². The lowest BCUT2D eigenvalue weighted by Crippen LogP contribution is -2.43. The van der Waals surface area contributed by atoms with E-state index in [4.69, 9.17) is 0 Å². The number of nitrogens with zero attached hydrogens (tertiary/aromatic N) is 1. The van der Waals surface area contributed by atoms with Crippen LogP contribution in [0.5, 0.6) is 0 Å². The largest absolute Gasteiger partial charge is 0.316 e. The van der Waals surface area contributed by atoms with Crippen molar-refractivity contribution in [2.75, 3.05) is 44.2 Å². The molecule has 118 valence electrons. The molecule has 1 N–H and O–H groups in total. The van der Waals surface area contributed by atoms with Gasteiger partial charge in [0.1, 0.15) is 0 Å². The van der Waals surface area contributed by atoms with Crippen molar-refractivity contribution in [1.82, 2.24) is 10.2 Å². The lowest BCUT2D eigenvalue weighted by molar-refractivity contribution is 0.156. The molecular weight excluding hydrogens is 272 g/mol. The molecule has 0 amide bonds. The minimum atomic E-state index is -2.78. The molecule has 0 unspecified atom stereocenters. The third-order valence-corrected chi connectivity index (χ3v) is 6.51. The summed E-state index contributed by atoms with van der Waals surface area (Å²) in [5, 5.41) is 3.59. The van der Waals surface area contributed by atoms with Gasteiger partial charge >= 0.3 is 0 Å². The first-order chi connectivity index (χ1) is 9.55. The molecule has 1 saturated heterocycles.